The number of carbonyl (C=O) groups excluding carboxylic acids is 1. The second kappa shape index (κ2) is 10.8. The Morgan fingerprint density at radius 1 is 1.13 bits per heavy atom. The number of nitrogens with two attached hydrogens (primary N) is 1. The Hall–Kier alpha value is -3.34. The molecule has 1 aromatic carbocycles. The Morgan fingerprint density at radius 3 is 2.53 bits per heavy atom. The monoisotopic (exact) mass is 527 g/mol. The number of rotatable bonds is 7. The number of aliphatic hydroxyl groups excluding tert-OH is 1. The molecule has 1 aliphatic heterocycles. The average molecular weight is 528 g/mol. The topological polar surface area (TPSA) is 108 Å². The number of nitrogens with zero attached hydrogens (tertiary/aromatic N) is 2. The molecule has 0 unspecified atom stereocenters. The second-order valence-electron chi connectivity index (χ2n) is 10.0. The van der Waals surface area contributed by atoms with E-state index in [1.807, 2.05) is 13.0 Å². The Labute approximate surface area is 217 Å². The van der Waals surface area contributed by atoms with Crippen molar-refractivity contribution in [3.63, 3.8) is 0 Å². The average Bonchev–Trinajstić information content (AvgIpc) is 2.85. The number of benzene rings is 1. The molecule has 2 aromatic heterocycles. The highest BCUT2D eigenvalue weighted by atomic mass is 19.1. The van der Waals surface area contributed by atoms with Gasteiger partial charge in [0.05, 0.1) is 24.9 Å². The molecule has 7 nitrogen and oxygen atoms in total. The quantitative estimate of drug-likeness (QED) is 0.448. The predicted molar refractivity (Wildman–Crippen MR) is 132 cm³/mol. The molecule has 0 amide bonds. The molecular weight excluding hydrogens is 499 g/mol. The van der Waals surface area contributed by atoms with E-state index in [2.05, 4.69) is 9.97 Å². The summed E-state index contributed by atoms with van der Waals surface area (Å²) in [5.41, 5.74) is 6.28. The van der Waals surface area contributed by atoms with E-state index in [1.54, 1.807) is 12.4 Å². The third kappa shape index (κ3) is 5.29. The number of ether oxygens (including phenoxy) is 2. The zero-order valence-electron chi connectivity index (χ0n) is 20.7. The van der Waals surface area contributed by atoms with Crippen LogP contribution < -0.4 is 10.5 Å². The highest BCUT2D eigenvalue weighted by molar-refractivity contribution is 5.96. The Bertz CT molecular complexity index is 1320. The van der Waals surface area contributed by atoms with Crippen molar-refractivity contribution in [3.8, 4) is 17.0 Å². The molecule has 38 heavy (non-hydrogen) atoms. The summed E-state index contributed by atoms with van der Waals surface area (Å²) in [7, 11) is 0. The first-order chi connectivity index (χ1) is 18.2. The molecule has 2 fully saturated rings. The second-order valence-corrected chi connectivity index (χ2v) is 10.0. The summed E-state index contributed by atoms with van der Waals surface area (Å²) in [5.74, 6) is -3.57. The molecule has 10 heteroatoms. The van der Waals surface area contributed by atoms with E-state index < -0.39 is 40.6 Å². The van der Waals surface area contributed by atoms with Gasteiger partial charge in [-0.25, -0.2) is 18.2 Å². The maximum absolute atomic E-state index is 14.9. The van der Waals surface area contributed by atoms with Crippen LogP contribution in [-0.2, 0) is 11.2 Å². The highest BCUT2D eigenvalue weighted by Gasteiger charge is 2.34. The summed E-state index contributed by atoms with van der Waals surface area (Å²) in [6.07, 6.45) is 3.50. The minimum Gasteiger partial charge on any atom is -0.485 e. The molecule has 3 aromatic rings. The fourth-order valence-electron chi connectivity index (χ4n) is 5.17. The van der Waals surface area contributed by atoms with Crippen LogP contribution in [0.1, 0.15) is 47.3 Å². The summed E-state index contributed by atoms with van der Waals surface area (Å²) in [5, 5.41) is 10.2. The number of pyridine rings is 2. The Kier molecular flexibility index (Phi) is 7.47. The number of ketones is 1. The largest absolute Gasteiger partial charge is 0.485 e. The standard InChI is InChI=1S/C28H28F3N3O4/c1-14-6-15(7-23(32)28(14)36)19-4-5-33-11-16(19)8-25(35)24-3-2-20(29)27(34-24)26-21(30)9-17(10-22(26)31)38-18-12-37-13-18/h2-5,9-11,14-15,18,23,28,36H,6-8,12-13,32H2,1H3/t14-,15+,23+,28+/m0/s1. The maximum atomic E-state index is 14.9. The van der Waals surface area contributed by atoms with Crippen molar-refractivity contribution in [2.45, 2.75) is 50.4 Å². The molecular formula is C28H28F3N3O4. The van der Waals surface area contributed by atoms with Crippen LogP contribution in [0.2, 0.25) is 0 Å². The van der Waals surface area contributed by atoms with Crippen molar-refractivity contribution >= 4 is 5.78 Å². The lowest BCUT2D eigenvalue weighted by atomic mass is 9.74. The van der Waals surface area contributed by atoms with E-state index in [-0.39, 0.29) is 41.8 Å². The third-order valence-corrected chi connectivity index (χ3v) is 7.26. The number of aliphatic hydroxyl groups is 1. The van der Waals surface area contributed by atoms with Crippen LogP contribution in [0.4, 0.5) is 13.2 Å². The fourth-order valence-corrected chi connectivity index (χ4v) is 5.17. The van der Waals surface area contributed by atoms with E-state index in [9.17, 15) is 23.1 Å². The summed E-state index contributed by atoms with van der Waals surface area (Å²) < 4.78 is 54.9. The van der Waals surface area contributed by atoms with Crippen molar-refractivity contribution in [3.05, 3.63) is 77.0 Å². The van der Waals surface area contributed by atoms with Gasteiger partial charge in [-0.2, -0.15) is 0 Å². The number of hydrogen-bond donors (Lipinski definition) is 2. The SMILES string of the molecule is C[C@H]1C[C@@H](c2ccncc2CC(=O)c2ccc(F)c(-c3c(F)cc(OC4COC4)cc3F)n2)C[C@@H](N)[C@@H]1O. The summed E-state index contributed by atoms with van der Waals surface area (Å²) in [6.45, 7) is 2.57. The van der Waals surface area contributed by atoms with Gasteiger partial charge in [0.2, 0.25) is 0 Å². The van der Waals surface area contributed by atoms with Crippen molar-refractivity contribution in [1.29, 1.82) is 0 Å². The van der Waals surface area contributed by atoms with Gasteiger partial charge >= 0.3 is 0 Å². The number of hydrogen-bond acceptors (Lipinski definition) is 7. The molecule has 0 radical (unpaired) electrons. The van der Waals surface area contributed by atoms with Crippen LogP contribution in [-0.4, -0.2) is 52.3 Å². The lowest BCUT2D eigenvalue weighted by molar-refractivity contribution is -0.0798. The van der Waals surface area contributed by atoms with Gasteiger partial charge in [-0.1, -0.05) is 6.92 Å². The van der Waals surface area contributed by atoms with E-state index in [0.717, 1.165) is 23.8 Å². The predicted octanol–water partition coefficient (Wildman–Crippen LogP) is 3.97. The minimum atomic E-state index is -1.06. The van der Waals surface area contributed by atoms with E-state index in [1.165, 1.54) is 6.07 Å². The van der Waals surface area contributed by atoms with Crippen LogP contribution in [0.3, 0.4) is 0 Å². The minimum absolute atomic E-state index is 0.00887. The zero-order valence-corrected chi connectivity index (χ0v) is 20.7. The van der Waals surface area contributed by atoms with Crippen LogP contribution in [0, 0.1) is 23.4 Å². The number of aromatic nitrogens is 2. The Balaban J connectivity index is 1.40. The molecule has 1 saturated carbocycles. The van der Waals surface area contributed by atoms with Crippen molar-refractivity contribution in [1.82, 2.24) is 9.97 Å². The van der Waals surface area contributed by atoms with Crippen molar-refractivity contribution < 1.29 is 32.5 Å². The van der Waals surface area contributed by atoms with Gasteiger partial charge in [-0.15, -0.1) is 0 Å². The smallest absolute Gasteiger partial charge is 0.185 e. The van der Waals surface area contributed by atoms with Crippen molar-refractivity contribution in [2.75, 3.05) is 13.2 Å². The highest BCUT2D eigenvalue weighted by Crippen LogP contribution is 2.37. The fraction of sp³-hybridized carbons (Fsp3) is 0.393. The molecule has 3 N–H and O–H groups in total. The number of halogens is 3. The van der Waals surface area contributed by atoms with Gasteiger partial charge in [-0.3, -0.25) is 9.78 Å². The molecule has 5 rings (SSSR count). The molecule has 200 valence electrons. The lowest BCUT2D eigenvalue weighted by Gasteiger charge is -2.36. The normalized spacial score (nSPS) is 23.6. The van der Waals surface area contributed by atoms with E-state index >= 15 is 0 Å². The first kappa shape index (κ1) is 26.3. The van der Waals surface area contributed by atoms with Gasteiger partial charge in [0.1, 0.15) is 40.7 Å². The molecule has 2 aliphatic rings. The van der Waals surface area contributed by atoms with Crippen LogP contribution in [0.5, 0.6) is 5.75 Å². The number of Topliss-reactive ketones (excluding diaryl/α,β-unsaturated/α-hetero) is 1. The van der Waals surface area contributed by atoms with E-state index in [4.69, 9.17) is 15.2 Å². The first-order valence-corrected chi connectivity index (χ1v) is 12.5. The summed E-state index contributed by atoms with van der Waals surface area (Å²) in [4.78, 5) is 21.4. The summed E-state index contributed by atoms with van der Waals surface area (Å²) >= 11 is 0. The third-order valence-electron chi connectivity index (χ3n) is 7.26. The van der Waals surface area contributed by atoms with Gasteiger partial charge in [-0.05, 0) is 54.0 Å². The number of carbonyl (C=O) groups is 1. The molecule has 0 spiro atoms. The van der Waals surface area contributed by atoms with Crippen LogP contribution in [0.25, 0.3) is 11.3 Å². The van der Waals surface area contributed by atoms with Gasteiger partial charge < -0.3 is 20.3 Å². The molecule has 4 atom stereocenters. The maximum Gasteiger partial charge on any atom is 0.185 e. The molecule has 3 heterocycles. The van der Waals surface area contributed by atoms with Crippen LogP contribution >= 0.6 is 0 Å². The zero-order chi connectivity index (χ0) is 27.0. The van der Waals surface area contributed by atoms with Gasteiger partial charge in [0, 0.05) is 37.0 Å². The molecule has 0 bridgehead atoms. The first-order valence-electron chi connectivity index (χ1n) is 12.5. The lowest BCUT2D eigenvalue weighted by Crippen LogP contribution is -2.44. The summed E-state index contributed by atoms with van der Waals surface area (Å²) in [6, 6.07) is 5.53. The van der Waals surface area contributed by atoms with Gasteiger partial charge in [0.25, 0.3) is 0 Å². The van der Waals surface area contributed by atoms with Crippen molar-refractivity contribution in [2.24, 2.45) is 11.7 Å². The molecule has 1 saturated heterocycles. The van der Waals surface area contributed by atoms with Gasteiger partial charge in [0.15, 0.2) is 5.78 Å². The Morgan fingerprint density at radius 2 is 1.87 bits per heavy atom. The van der Waals surface area contributed by atoms with E-state index in [0.29, 0.717) is 31.6 Å². The molecule has 1 aliphatic carbocycles. The van der Waals surface area contributed by atoms with Crippen LogP contribution in [0.15, 0.2) is 42.7 Å².